The van der Waals surface area contributed by atoms with Crippen molar-refractivity contribution >= 4 is 23.3 Å². The molecule has 1 aromatic rings. The number of likely N-dealkylation sites (N-methyl/N-ethyl adjacent to an activating group) is 2. The summed E-state index contributed by atoms with van der Waals surface area (Å²) in [6.45, 7) is 18.4. The van der Waals surface area contributed by atoms with Gasteiger partial charge in [-0.15, -0.1) is 0 Å². The van der Waals surface area contributed by atoms with Gasteiger partial charge in [-0.2, -0.15) is 0 Å². The van der Waals surface area contributed by atoms with E-state index in [0.29, 0.717) is 24.6 Å². The van der Waals surface area contributed by atoms with Gasteiger partial charge in [0.2, 0.25) is 0 Å². The lowest BCUT2D eigenvalue weighted by molar-refractivity contribution is -0.317. The highest BCUT2D eigenvalue weighted by atomic mass is 32.1. The number of thiocarbonyl (C=S) groups is 1. The predicted octanol–water partition coefficient (Wildman–Crippen LogP) is 3.35. The third-order valence-electron chi connectivity index (χ3n) is 13.6. The number of cyclic esters (lactones) is 1. The highest BCUT2D eigenvalue weighted by Crippen LogP contribution is 2.40. The molecule has 350 valence electrons. The number of benzene rings is 1. The molecule has 0 amide bonds. The highest BCUT2D eigenvalue weighted by molar-refractivity contribution is 7.80. The Bertz CT molecular complexity index is 1560. The first-order chi connectivity index (χ1) is 28.4. The third-order valence-corrected chi connectivity index (χ3v) is 14.1. The zero-order valence-corrected chi connectivity index (χ0v) is 39.5. The molecule has 6 N–H and O–H groups in total. The van der Waals surface area contributed by atoms with Crippen LogP contribution in [0.25, 0.3) is 0 Å². The molecule has 3 saturated heterocycles. The van der Waals surface area contributed by atoms with Crippen LogP contribution in [0.3, 0.4) is 0 Å². The molecule has 16 heteroatoms. The average molecular weight is 884 g/mol. The van der Waals surface area contributed by atoms with Gasteiger partial charge in [0, 0.05) is 45.6 Å². The average Bonchev–Trinajstić information content (AvgIpc) is 3.21. The van der Waals surface area contributed by atoms with Crippen molar-refractivity contribution in [2.45, 2.75) is 192 Å². The Morgan fingerprint density at radius 1 is 0.984 bits per heavy atom. The second kappa shape index (κ2) is 21.3. The zero-order valence-electron chi connectivity index (χ0n) is 38.7. The molecule has 15 nitrogen and oxygen atoms in total. The molecule has 3 heterocycles. The van der Waals surface area contributed by atoms with Crippen LogP contribution in [-0.4, -0.2) is 164 Å². The SMILES string of the molecule is CCC1OC(=O)[C@H](C)[C@@H](O[C@H]2C[C@@](C)(OC)[C@@H](O)[C@H](C)O2)[C@@H](C)[C@@H](O[C@@H]2O[C@H](C)C[C@H](N(C)C(=S)NCc3ccccc3)[C@H]2O)[C@](C)(O)C[C@@H](C)CN(C)[C@H](C)[C@@H](O)[C@]1(C)O. The van der Waals surface area contributed by atoms with Crippen LogP contribution in [0.15, 0.2) is 30.3 Å². The lowest BCUT2D eigenvalue weighted by Crippen LogP contribution is -2.61. The van der Waals surface area contributed by atoms with Crippen molar-refractivity contribution < 1.29 is 58.7 Å². The van der Waals surface area contributed by atoms with Gasteiger partial charge in [-0.25, -0.2) is 0 Å². The van der Waals surface area contributed by atoms with Crippen molar-refractivity contribution in [2.24, 2.45) is 17.8 Å². The number of hydrogen-bond donors (Lipinski definition) is 6. The number of aliphatic hydroxyl groups excluding tert-OH is 3. The standard InChI is InChI=1S/C45H77N3O12S/c1-14-33-45(10,54)37(50)29(6)47(11)24-25(2)21-43(8,53)39(27(4)36(28(5)40(52)58-33)59-34-22-44(9,55-13)38(51)30(7)57-34)60-41-35(49)32(20-26(3)56-41)48(12)42(61)46-23-31-18-16-15-17-19-31/h15-19,25-30,32-39,41,49-51,53-54H,14,20-24H2,1-13H3,(H,46,61)/t25-,26-,27-,28-,29-,30+,32+,33?,34+,35-,36+,37-,38+,39-,41+,43-,44-,45-/m1/s1. The zero-order chi connectivity index (χ0) is 45.8. The van der Waals surface area contributed by atoms with Crippen molar-refractivity contribution in [3.8, 4) is 0 Å². The number of nitrogens with one attached hydrogen (secondary N) is 1. The van der Waals surface area contributed by atoms with E-state index in [2.05, 4.69) is 5.32 Å². The van der Waals surface area contributed by atoms with E-state index in [1.54, 1.807) is 41.5 Å². The van der Waals surface area contributed by atoms with E-state index in [1.807, 2.05) is 75.0 Å². The Balaban J connectivity index is 1.76. The number of nitrogens with zero attached hydrogens (tertiary/aromatic N) is 2. The van der Waals surface area contributed by atoms with E-state index in [0.717, 1.165) is 5.56 Å². The summed E-state index contributed by atoms with van der Waals surface area (Å²) >= 11 is 5.80. The van der Waals surface area contributed by atoms with Crippen LogP contribution in [0.1, 0.15) is 100 Å². The Morgan fingerprint density at radius 3 is 2.23 bits per heavy atom. The molecule has 0 aromatic heterocycles. The van der Waals surface area contributed by atoms with E-state index in [9.17, 15) is 30.3 Å². The summed E-state index contributed by atoms with van der Waals surface area (Å²) in [7, 11) is 5.16. The topological polar surface area (TPSA) is 192 Å². The van der Waals surface area contributed by atoms with Crippen molar-refractivity contribution in [3.63, 3.8) is 0 Å². The van der Waals surface area contributed by atoms with Gasteiger partial charge in [0.25, 0.3) is 0 Å². The van der Waals surface area contributed by atoms with Crippen LogP contribution in [0.4, 0.5) is 0 Å². The molecule has 61 heavy (non-hydrogen) atoms. The third kappa shape index (κ3) is 12.2. The van der Waals surface area contributed by atoms with Gasteiger partial charge in [-0.3, -0.25) is 4.79 Å². The molecule has 1 aromatic carbocycles. The fourth-order valence-corrected chi connectivity index (χ4v) is 9.86. The number of carbonyl (C=O) groups excluding carboxylic acids is 1. The van der Waals surface area contributed by atoms with Gasteiger partial charge in [0.05, 0.1) is 47.6 Å². The van der Waals surface area contributed by atoms with Gasteiger partial charge in [0.15, 0.2) is 17.7 Å². The fourth-order valence-electron chi connectivity index (χ4n) is 9.66. The molecule has 0 bridgehead atoms. The minimum atomic E-state index is -1.83. The van der Waals surface area contributed by atoms with Crippen molar-refractivity contribution in [1.29, 1.82) is 0 Å². The summed E-state index contributed by atoms with van der Waals surface area (Å²) < 4.78 is 38.0. The molecule has 0 radical (unpaired) electrons. The fraction of sp³-hybridized carbons (Fsp3) is 0.822. The Hall–Kier alpha value is -2.06. The maximum absolute atomic E-state index is 14.4. The van der Waals surface area contributed by atoms with Gasteiger partial charge >= 0.3 is 5.97 Å². The first-order valence-electron chi connectivity index (χ1n) is 22.0. The van der Waals surface area contributed by atoms with Gasteiger partial charge in [0.1, 0.15) is 30.0 Å². The Labute approximate surface area is 369 Å². The smallest absolute Gasteiger partial charge is 0.311 e. The van der Waals surface area contributed by atoms with Crippen molar-refractivity contribution in [2.75, 3.05) is 27.7 Å². The number of ether oxygens (including phenoxy) is 6. The summed E-state index contributed by atoms with van der Waals surface area (Å²) in [6, 6.07) is 8.77. The molecule has 0 spiro atoms. The monoisotopic (exact) mass is 884 g/mol. The highest BCUT2D eigenvalue weighted by Gasteiger charge is 2.53. The van der Waals surface area contributed by atoms with E-state index < -0.39 is 102 Å². The van der Waals surface area contributed by atoms with Crippen LogP contribution in [0.5, 0.6) is 0 Å². The first kappa shape index (κ1) is 51.6. The first-order valence-corrected chi connectivity index (χ1v) is 22.4. The van der Waals surface area contributed by atoms with Crippen LogP contribution in [0.2, 0.25) is 0 Å². The molecular formula is C45H77N3O12S. The largest absolute Gasteiger partial charge is 0.459 e. The molecule has 4 rings (SSSR count). The van der Waals surface area contributed by atoms with Crippen LogP contribution in [-0.2, 0) is 39.8 Å². The molecule has 18 atom stereocenters. The van der Waals surface area contributed by atoms with E-state index in [-0.39, 0.29) is 31.3 Å². The summed E-state index contributed by atoms with van der Waals surface area (Å²) in [5.41, 5.74) is -3.45. The van der Waals surface area contributed by atoms with E-state index in [4.69, 9.17) is 40.6 Å². The number of aliphatic hydroxyl groups is 5. The summed E-state index contributed by atoms with van der Waals surface area (Å²) in [5, 5.41) is 63.0. The molecular weight excluding hydrogens is 807 g/mol. The summed E-state index contributed by atoms with van der Waals surface area (Å²) in [6.07, 6.45) is -9.12. The normalized spacial score (nSPS) is 43.7. The maximum atomic E-state index is 14.4. The number of carbonyl (C=O) groups is 1. The minimum Gasteiger partial charge on any atom is -0.459 e. The molecule has 3 aliphatic rings. The maximum Gasteiger partial charge on any atom is 0.311 e. The number of rotatable bonds is 9. The van der Waals surface area contributed by atoms with Gasteiger partial charge in [-0.05, 0) is 98.5 Å². The number of hydrogen-bond acceptors (Lipinski definition) is 14. The lowest BCUT2D eigenvalue weighted by Gasteiger charge is -2.49. The number of methoxy groups -OCH3 is 1. The molecule has 1 unspecified atom stereocenters. The van der Waals surface area contributed by atoms with E-state index in [1.165, 1.54) is 14.0 Å². The van der Waals surface area contributed by atoms with Crippen LogP contribution >= 0.6 is 12.2 Å². The second-order valence-corrected chi connectivity index (χ2v) is 19.3. The quantitative estimate of drug-likeness (QED) is 0.156. The molecule has 0 aliphatic carbocycles. The minimum absolute atomic E-state index is 0.107. The Kier molecular flexibility index (Phi) is 18.0. The van der Waals surface area contributed by atoms with Crippen molar-refractivity contribution in [3.05, 3.63) is 35.9 Å². The predicted molar refractivity (Wildman–Crippen MR) is 234 cm³/mol. The van der Waals surface area contributed by atoms with Crippen molar-refractivity contribution in [1.82, 2.24) is 15.1 Å². The van der Waals surface area contributed by atoms with Crippen LogP contribution in [0, 0.1) is 17.8 Å². The molecule has 3 aliphatic heterocycles. The Morgan fingerprint density at radius 2 is 1.62 bits per heavy atom. The van der Waals surface area contributed by atoms with Gasteiger partial charge in [-0.1, -0.05) is 51.1 Å². The van der Waals surface area contributed by atoms with Gasteiger partial charge < -0.3 is 69.1 Å². The summed E-state index contributed by atoms with van der Waals surface area (Å²) in [4.78, 5) is 18.1. The second-order valence-electron chi connectivity index (χ2n) is 19.0. The molecule has 3 fully saturated rings. The number of esters is 1. The van der Waals surface area contributed by atoms with E-state index >= 15 is 0 Å². The summed E-state index contributed by atoms with van der Waals surface area (Å²) in [5.74, 6) is -2.76. The van der Waals surface area contributed by atoms with Crippen LogP contribution < -0.4 is 5.32 Å². The lowest BCUT2D eigenvalue weighted by atomic mass is 9.77. The molecule has 0 saturated carbocycles.